The maximum atomic E-state index is 11.7. The molecule has 6 aliphatic rings. The van der Waals surface area contributed by atoms with E-state index in [1.807, 2.05) is 0 Å². The third kappa shape index (κ3) is 0.346. The summed E-state index contributed by atoms with van der Waals surface area (Å²) in [6.45, 7) is 0. The zero-order valence-electron chi connectivity index (χ0n) is 8.04. The van der Waals surface area contributed by atoms with E-state index in [4.69, 9.17) is 11.5 Å². The summed E-state index contributed by atoms with van der Waals surface area (Å²) in [6.07, 6.45) is 0. The first-order chi connectivity index (χ1) is 7.36. The minimum atomic E-state index is -0.263. The van der Waals surface area contributed by atoms with Crippen molar-refractivity contribution in [3.63, 3.8) is 0 Å². The lowest BCUT2D eigenvalue weighted by Gasteiger charge is -3.14. The average molecular weight is 442 g/mol. The van der Waals surface area contributed by atoms with E-state index in [1.54, 1.807) is 0 Å². The van der Waals surface area contributed by atoms with Crippen molar-refractivity contribution in [2.45, 2.75) is 6.84 Å². The van der Waals surface area contributed by atoms with Crippen molar-refractivity contribution < 1.29 is 9.59 Å². The molecule has 0 aliphatic heterocycles. The predicted molar refractivity (Wildman–Crippen MR) is 70.7 cm³/mol. The molecule has 0 aromatic heterocycles. The van der Waals surface area contributed by atoms with E-state index in [-0.39, 0.29) is 29.5 Å². The summed E-state index contributed by atoms with van der Waals surface area (Å²) in [7, 11) is 0. The van der Waals surface area contributed by atoms with Crippen LogP contribution in [0.2, 0.25) is 0 Å². The second kappa shape index (κ2) is 1.78. The molecular weight excluding hydrogens is 434 g/mol. The van der Waals surface area contributed by atoms with E-state index < -0.39 is 0 Å². The van der Waals surface area contributed by atoms with Crippen LogP contribution >= 0.6 is 45.2 Å². The Balaban J connectivity index is 1.74. The lowest BCUT2D eigenvalue weighted by atomic mass is 8.92. The molecule has 6 rings (SSSR count). The number of hydrogen-bond acceptors (Lipinski definition) is 2. The second-order valence-corrected chi connectivity index (χ2v) is 9.48. The Labute approximate surface area is 119 Å². The maximum Gasteiger partial charge on any atom is 0.225 e. The molecule has 0 radical (unpaired) electrons. The first-order valence-corrected chi connectivity index (χ1v) is 7.50. The van der Waals surface area contributed by atoms with Gasteiger partial charge in [-0.15, -0.1) is 0 Å². The number of amides is 2. The Morgan fingerprint density at radius 3 is 1.25 bits per heavy atom. The molecule has 84 valence electrons. The summed E-state index contributed by atoms with van der Waals surface area (Å²) < 4.78 is -0.0121. The number of hydrogen-bond donors (Lipinski definition) is 2. The third-order valence-corrected chi connectivity index (χ3v) is 11.0. The number of carbonyl (C=O) groups is 2. The van der Waals surface area contributed by atoms with E-state index in [1.165, 1.54) is 0 Å². The molecule has 2 amide bonds. The van der Waals surface area contributed by atoms with Crippen LogP contribution < -0.4 is 11.5 Å². The molecule has 0 aromatic carbocycles. The van der Waals surface area contributed by atoms with Gasteiger partial charge in [-0.25, -0.2) is 0 Å². The van der Waals surface area contributed by atoms with E-state index in [0.717, 1.165) is 0 Å². The molecule has 4 nitrogen and oxygen atoms in total. The van der Waals surface area contributed by atoms with Crippen molar-refractivity contribution in [1.29, 1.82) is 0 Å². The first-order valence-electron chi connectivity index (χ1n) is 5.34. The highest BCUT2D eigenvalue weighted by molar-refractivity contribution is 14.1. The number of halogens is 2. The van der Waals surface area contributed by atoms with E-state index in [9.17, 15) is 9.59 Å². The topological polar surface area (TPSA) is 86.2 Å². The summed E-state index contributed by atoms with van der Waals surface area (Å²) >= 11 is 4.77. The van der Waals surface area contributed by atoms with Crippen molar-refractivity contribution in [2.24, 2.45) is 46.0 Å². The normalized spacial score (nSPS) is 78.1. The van der Waals surface area contributed by atoms with Gasteiger partial charge < -0.3 is 11.5 Å². The monoisotopic (exact) mass is 442 g/mol. The van der Waals surface area contributed by atoms with Crippen molar-refractivity contribution in [1.82, 2.24) is 0 Å². The van der Waals surface area contributed by atoms with Gasteiger partial charge in [0.15, 0.2) is 0 Å². The Morgan fingerprint density at radius 2 is 1.06 bits per heavy atom. The zero-order valence-corrected chi connectivity index (χ0v) is 12.4. The smallest absolute Gasteiger partial charge is 0.225 e. The van der Waals surface area contributed by atoms with Gasteiger partial charge in [-0.05, 0) is 23.7 Å². The van der Waals surface area contributed by atoms with Crippen LogP contribution in [0.25, 0.3) is 0 Å². The molecular formula is C10H8I2N2O2. The summed E-state index contributed by atoms with van der Waals surface area (Å²) in [4.78, 5) is 23.4. The van der Waals surface area contributed by atoms with Crippen LogP contribution in [0.5, 0.6) is 0 Å². The molecule has 0 saturated heterocycles. The quantitative estimate of drug-likeness (QED) is 0.459. The lowest BCUT2D eigenvalue weighted by Crippen LogP contribution is -3.23. The summed E-state index contributed by atoms with van der Waals surface area (Å²) in [6, 6.07) is 0. The third-order valence-electron chi connectivity index (χ3n) is 6.52. The van der Waals surface area contributed by atoms with Crippen LogP contribution in [-0.4, -0.2) is 18.7 Å². The summed E-state index contributed by atoms with van der Waals surface area (Å²) in [5.74, 6) is 1.09. The highest BCUT2D eigenvalue weighted by Crippen LogP contribution is 3.15. The van der Waals surface area contributed by atoms with Gasteiger partial charge >= 0.3 is 0 Å². The fourth-order valence-corrected chi connectivity index (χ4v) is 11.8. The minimum absolute atomic E-state index is 0.00607. The Hall–Kier alpha value is 0.400. The first kappa shape index (κ1) is 9.35. The van der Waals surface area contributed by atoms with Crippen LogP contribution in [-0.2, 0) is 9.59 Å². The number of nitrogens with two attached hydrogens (primary N) is 2. The number of alkyl halides is 2. The van der Waals surface area contributed by atoms with Crippen molar-refractivity contribution in [2.75, 3.05) is 0 Å². The van der Waals surface area contributed by atoms with Crippen LogP contribution in [0.15, 0.2) is 0 Å². The Bertz CT molecular complexity index is 477. The van der Waals surface area contributed by atoms with Crippen LogP contribution in [0, 0.1) is 34.5 Å². The SMILES string of the molecule is NC(=O)C12C3C4C1(I)C1C2C3(I)C41C(N)=O. The molecule has 4 unspecified atom stereocenters. The predicted octanol–water partition coefficient (Wildman–Crippen LogP) is -0.190. The lowest BCUT2D eigenvalue weighted by molar-refractivity contribution is -0.572. The van der Waals surface area contributed by atoms with Gasteiger partial charge in [-0.2, -0.15) is 0 Å². The summed E-state index contributed by atoms with van der Waals surface area (Å²) in [5.41, 5.74) is 10.7. The standard InChI is InChI=1S/C10H8I2N2O2/c11-9-1-2-8(9,6(14)16)4-3(9)7(1,5(13)15)10(2,4)12/h1-4H,(H2,13,15)(H2,14,16). The Kier molecular flexibility index (Phi) is 1.04. The number of rotatable bonds is 2. The molecule has 0 heterocycles. The van der Waals surface area contributed by atoms with Crippen LogP contribution in [0.4, 0.5) is 0 Å². The summed E-state index contributed by atoms with van der Waals surface area (Å²) in [5, 5.41) is 0. The van der Waals surface area contributed by atoms with E-state index >= 15 is 0 Å². The van der Waals surface area contributed by atoms with Gasteiger partial charge in [0.2, 0.25) is 11.8 Å². The molecule has 0 aromatic rings. The molecule has 0 bridgehead atoms. The Morgan fingerprint density at radius 1 is 0.812 bits per heavy atom. The van der Waals surface area contributed by atoms with Crippen LogP contribution in [0.3, 0.4) is 0 Å². The minimum Gasteiger partial charge on any atom is -0.369 e. The van der Waals surface area contributed by atoms with Crippen LogP contribution in [0.1, 0.15) is 0 Å². The number of primary amides is 2. The van der Waals surface area contributed by atoms with E-state index in [2.05, 4.69) is 45.2 Å². The van der Waals surface area contributed by atoms with Crippen molar-refractivity contribution >= 4 is 57.0 Å². The van der Waals surface area contributed by atoms with Gasteiger partial charge in [0, 0.05) is 6.84 Å². The average Bonchev–Trinajstić information content (AvgIpc) is 2.22. The van der Waals surface area contributed by atoms with Gasteiger partial charge in [-0.1, -0.05) is 45.2 Å². The fourth-order valence-electron chi connectivity index (χ4n) is 6.52. The highest BCUT2D eigenvalue weighted by Gasteiger charge is 3.22. The molecule has 6 fully saturated rings. The molecule has 16 heavy (non-hydrogen) atoms. The van der Waals surface area contributed by atoms with Gasteiger partial charge in [0.1, 0.15) is 0 Å². The molecule has 6 aliphatic carbocycles. The van der Waals surface area contributed by atoms with Crippen molar-refractivity contribution in [3.8, 4) is 0 Å². The van der Waals surface area contributed by atoms with Gasteiger partial charge in [0.05, 0.1) is 10.8 Å². The fraction of sp³-hybridized carbons (Fsp3) is 0.800. The molecule has 4 atom stereocenters. The van der Waals surface area contributed by atoms with Crippen molar-refractivity contribution in [3.05, 3.63) is 0 Å². The maximum absolute atomic E-state index is 11.7. The molecule has 6 heteroatoms. The van der Waals surface area contributed by atoms with E-state index in [0.29, 0.717) is 23.7 Å². The second-order valence-electron chi connectivity index (χ2n) is 5.91. The number of carbonyl (C=O) groups excluding carboxylic acids is 2. The van der Waals surface area contributed by atoms with Gasteiger partial charge in [-0.3, -0.25) is 9.59 Å². The largest absolute Gasteiger partial charge is 0.369 e. The molecule has 0 spiro atoms. The zero-order chi connectivity index (χ0) is 11.5. The molecule has 6 saturated carbocycles. The highest BCUT2D eigenvalue weighted by atomic mass is 127. The van der Waals surface area contributed by atoms with Gasteiger partial charge in [0.25, 0.3) is 0 Å². The molecule has 4 N–H and O–H groups in total.